The van der Waals surface area contributed by atoms with Gasteiger partial charge in [-0.3, -0.25) is 14.5 Å². The standard InChI is InChI=1S/C23H26N4O4/c24-21(29)19-7-4-12-25-22(19)31-18-10-8-17(9-11-18)27-20(28)14-16(26-23(27)30)13-15-5-2-1-3-6-15/h1-7,12,16-18H,8-11,13-14H2,(H2,24,29)(H,26,30)/t16?,17-,18-. The summed E-state index contributed by atoms with van der Waals surface area (Å²) in [6.07, 6.45) is 4.95. The second-order valence-electron chi connectivity index (χ2n) is 8.07. The lowest BCUT2D eigenvalue weighted by Gasteiger charge is -2.39. The van der Waals surface area contributed by atoms with Crippen LogP contribution in [-0.2, 0) is 11.2 Å². The molecule has 2 aromatic rings. The van der Waals surface area contributed by atoms with Gasteiger partial charge in [-0.1, -0.05) is 30.3 Å². The summed E-state index contributed by atoms with van der Waals surface area (Å²) in [6, 6.07) is 12.4. The number of urea groups is 1. The molecule has 1 aliphatic heterocycles. The van der Waals surface area contributed by atoms with Crippen LogP contribution in [0.15, 0.2) is 48.7 Å². The van der Waals surface area contributed by atoms with Crippen LogP contribution in [0.3, 0.4) is 0 Å². The zero-order valence-corrected chi connectivity index (χ0v) is 17.2. The summed E-state index contributed by atoms with van der Waals surface area (Å²) in [5.41, 5.74) is 6.73. The minimum absolute atomic E-state index is 0.130. The largest absolute Gasteiger partial charge is 0.474 e. The average Bonchev–Trinajstić information content (AvgIpc) is 2.75. The predicted octanol–water partition coefficient (Wildman–Crippen LogP) is 2.42. The molecule has 0 radical (unpaired) electrons. The topological polar surface area (TPSA) is 115 Å². The van der Waals surface area contributed by atoms with Crippen LogP contribution in [0, 0.1) is 0 Å². The summed E-state index contributed by atoms with van der Waals surface area (Å²) in [7, 11) is 0. The number of nitrogens with one attached hydrogen (secondary N) is 1. The van der Waals surface area contributed by atoms with Gasteiger partial charge in [-0.05, 0) is 49.8 Å². The average molecular weight is 422 g/mol. The molecular weight excluding hydrogens is 396 g/mol. The van der Waals surface area contributed by atoms with E-state index in [4.69, 9.17) is 10.5 Å². The van der Waals surface area contributed by atoms with Crippen molar-refractivity contribution in [2.45, 2.75) is 56.7 Å². The third kappa shape index (κ3) is 4.84. The lowest BCUT2D eigenvalue weighted by atomic mass is 9.90. The molecule has 0 bridgehead atoms. The Morgan fingerprint density at radius 2 is 1.84 bits per heavy atom. The van der Waals surface area contributed by atoms with Crippen LogP contribution in [0.1, 0.15) is 48.0 Å². The van der Waals surface area contributed by atoms with E-state index in [1.807, 2.05) is 30.3 Å². The Labute approximate surface area is 180 Å². The van der Waals surface area contributed by atoms with Crippen molar-refractivity contribution in [1.29, 1.82) is 0 Å². The van der Waals surface area contributed by atoms with Crippen LogP contribution in [0.4, 0.5) is 4.79 Å². The number of carbonyl (C=O) groups is 3. The number of rotatable bonds is 6. The fourth-order valence-corrected chi connectivity index (χ4v) is 4.36. The summed E-state index contributed by atoms with van der Waals surface area (Å²) < 4.78 is 5.90. The second-order valence-corrected chi connectivity index (χ2v) is 8.07. The van der Waals surface area contributed by atoms with Crippen molar-refractivity contribution in [3.63, 3.8) is 0 Å². The lowest BCUT2D eigenvalue weighted by Crippen LogP contribution is -2.59. The summed E-state index contributed by atoms with van der Waals surface area (Å²) in [4.78, 5) is 42.5. The molecule has 1 atom stereocenters. The summed E-state index contributed by atoms with van der Waals surface area (Å²) in [5, 5.41) is 2.99. The smallest absolute Gasteiger partial charge is 0.324 e. The third-order valence-electron chi connectivity index (χ3n) is 5.88. The molecule has 31 heavy (non-hydrogen) atoms. The maximum Gasteiger partial charge on any atom is 0.324 e. The molecule has 8 heteroatoms. The number of benzene rings is 1. The quantitative estimate of drug-likeness (QED) is 0.742. The van der Waals surface area contributed by atoms with Crippen molar-refractivity contribution in [1.82, 2.24) is 15.2 Å². The Balaban J connectivity index is 1.32. The molecule has 162 valence electrons. The highest BCUT2D eigenvalue weighted by Crippen LogP contribution is 2.29. The first-order valence-corrected chi connectivity index (χ1v) is 10.6. The predicted molar refractivity (Wildman–Crippen MR) is 113 cm³/mol. The van der Waals surface area contributed by atoms with E-state index in [0.717, 1.165) is 5.56 Å². The van der Waals surface area contributed by atoms with E-state index >= 15 is 0 Å². The number of hydrogen-bond acceptors (Lipinski definition) is 5. The van der Waals surface area contributed by atoms with Crippen LogP contribution in [-0.4, -0.2) is 45.9 Å². The number of imide groups is 1. The molecule has 1 aromatic carbocycles. The maximum absolute atomic E-state index is 12.8. The van der Waals surface area contributed by atoms with Crippen LogP contribution in [0.2, 0.25) is 0 Å². The zero-order valence-electron chi connectivity index (χ0n) is 17.2. The molecular formula is C23H26N4O4. The number of ether oxygens (including phenoxy) is 1. The summed E-state index contributed by atoms with van der Waals surface area (Å²) in [6.45, 7) is 0. The zero-order chi connectivity index (χ0) is 21.8. The number of nitrogens with two attached hydrogens (primary N) is 1. The van der Waals surface area contributed by atoms with Gasteiger partial charge in [0.25, 0.3) is 5.91 Å². The minimum atomic E-state index is -0.586. The van der Waals surface area contributed by atoms with Gasteiger partial charge in [0.05, 0.1) is 0 Å². The number of pyridine rings is 1. The third-order valence-corrected chi connectivity index (χ3v) is 5.88. The van der Waals surface area contributed by atoms with E-state index in [2.05, 4.69) is 10.3 Å². The molecule has 1 saturated carbocycles. The van der Waals surface area contributed by atoms with Gasteiger partial charge in [0.1, 0.15) is 11.7 Å². The number of primary amides is 1. The number of aromatic nitrogens is 1. The minimum Gasteiger partial charge on any atom is -0.474 e. The molecule has 4 amide bonds. The Hall–Kier alpha value is -3.42. The Morgan fingerprint density at radius 1 is 1.10 bits per heavy atom. The highest BCUT2D eigenvalue weighted by molar-refractivity contribution is 5.97. The van der Waals surface area contributed by atoms with Gasteiger partial charge in [-0.15, -0.1) is 0 Å². The number of hydrogen-bond donors (Lipinski definition) is 2. The second kappa shape index (κ2) is 9.16. The molecule has 1 saturated heterocycles. The summed E-state index contributed by atoms with van der Waals surface area (Å²) in [5.74, 6) is -0.485. The maximum atomic E-state index is 12.8. The van der Waals surface area contributed by atoms with Crippen LogP contribution >= 0.6 is 0 Å². The van der Waals surface area contributed by atoms with Crippen LogP contribution in [0.25, 0.3) is 0 Å². The van der Waals surface area contributed by atoms with E-state index in [1.165, 1.54) is 4.90 Å². The highest BCUT2D eigenvalue weighted by atomic mass is 16.5. The molecule has 1 aliphatic carbocycles. The van der Waals surface area contributed by atoms with E-state index in [9.17, 15) is 14.4 Å². The van der Waals surface area contributed by atoms with Gasteiger partial charge >= 0.3 is 6.03 Å². The molecule has 2 fully saturated rings. The van der Waals surface area contributed by atoms with Crippen LogP contribution < -0.4 is 15.8 Å². The molecule has 4 rings (SSSR count). The van der Waals surface area contributed by atoms with Crippen LogP contribution in [0.5, 0.6) is 5.88 Å². The van der Waals surface area contributed by atoms with Crippen molar-refractivity contribution >= 4 is 17.8 Å². The van der Waals surface area contributed by atoms with Crippen molar-refractivity contribution < 1.29 is 19.1 Å². The van der Waals surface area contributed by atoms with Gasteiger partial charge in [-0.25, -0.2) is 9.78 Å². The number of carbonyl (C=O) groups excluding carboxylic acids is 3. The van der Waals surface area contributed by atoms with E-state index < -0.39 is 5.91 Å². The van der Waals surface area contributed by atoms with Crippen molar-refractivity contribution in [3.8, 4) is 5.88 Å². The van der Waals surface area contributed by atoms with Crippen molar-refractivity contribution in [3.05, 3.63) is 59.8 Å². The molecule has 3 N–H and O–H groups in total. The normalized spacial score (nSPS) is 23.9. The monoisotopic (exact) mass is 422 g/mol. The molecule has 0 spiro atoms. The van der Waals surface area contributed by atoms with Crippen molar-refractivity contribution in [2.24, 2.45) is 5.73 Å². The lowest BCUT2D eigenvalue weighted by molar-refractivity contribution is -0.133. The van der Waals surface area contributed by atoms with E-state index in [1.54, 1.807) is 18.3 Å². The molecule has 1 aromatic heterocycles. The molecule has 2 heterocycles. The van der Waals surface area contributed by atoms with E-state index in [-0.39, 0.29) is 41.6 Å². The fourth-order valence-electron chi connectivity index (χ4n) is 4.36. The van der Waals surface area contributed by atoms with Crippen molar-refractivity contribution in [2.75, 3.05) is 0 Å². The fraction of sp³-hybridized carbons (Fsp3) is 0.391. The van der Waals surface area contributed by atoms with Gasteiger partial charge in [0.2, 0.25) is 11.8 Å². The molecule has 2 aliphatic rings. The number of nitrogens with zero attached hydrogens (tertiary/aromatic N) is 2. The van der Waals surface area contributed by atoms with Gasteiger partial charge in [0, 0.05) is 24.7 Å². The SMILES string of the molecule is NC(=O)c1cccnc1O[C@H]1CC[C@H](N2C(=O)CC(Cc3ccccc3)NC2=O)CC1. The van der Waals surface area contributed by atoms with Gasteiger partial charge in [-0.2, -0.15) is 0 Å². The summed E-state index contributed by atoms with van der Waals surface area (Å²) >= 11 is 0. The van der Waals surface area contributed by atoms with E-state index in [0.29, 0.717) is 38.5 Å². The first kappa shape index (κ1) is 20.8. The van der Waals surface area contributed by atoms with Gasteiger partial charge < -0.3 is 15.8 Å². The molecule has 1 unspecified atom stereocenters. The first-order chi connectivity index (χ1) is 15.0. The first-order valence-electron chi connectivity index (χ1n) is 10.6. The Morgan fingerprint density at radius 3 is 2.52 bits per heavy atom. The highest BCUT2D eigenvalue weighted by Gasteiger charge is 2.38. The Kier molecular flexibility index (Phi) is 6.16. The number of amides is 4. The van der Waals surface area contributed by atoms with Gasteiger partial charge in [0.15, 0.2) is 0 Å². The molecule has 8 nitrogen and oxygen atoms in total. The Bertz CT molecular complexity index is 939.